The van der Waals surface area contributed by atoms with E-state index in [4.69, 9.17) is 11.6 Å². The average molecular weight is 470 g/mol. The molecular formula is C24H25ClFN5O2. The first-order chi connectivity index (χ1) is 15.7. The summed E-state index contributed by atoms with van der Waals surface area (Å²) in [6, 6.07) is 8.61. The Morgan fingerprint density at radius 3 is 2.67 bits per heavy atom. The number of piperazine rings is 1. The van der Waals surface area contributed by atoms with Crippen LogP contribution in [0.3, 0.4) is 0 Å². The lowest BCUT2D eigenvalue weighted by Gasteiger charge is -2.40. The van der Waals surface area contributed by atoms with Crippen molar-refractivity contribution in [3.63, 3.8) is 0 Å². The van der Waals surface area contributed by atoms with Crippen molar-refractivity contribution in [3.8, 4) is 5.69 Å². The van der Waals surface area contributed by atoms with E-state index in [0.29, 0.717) is 36.5 Å². The predicted molar refractivity (Wildman–Crippen MR) is 128 cm³/mol. The van der Waals surface area contributed by atoms with Crippen LogP contribution in [0.15, 0.2) is 47.8 Å². The van der Waals surface area contributed by atoms with Crippen LogP contribution in [-0.4, -0.2) is 51.0 Å². The highest BCUT2D eigenvalue weighted by Crippen LogP contribution is 2.31. The topological polar surface area (TPSA) is 71.3 Å². The maximum Gasteiger partial charge on any atom is 0.355 e. The Labute approximate surface area is 196 Å². The van der Waals surface area contributed by atoms with E-state index in [1.54, 1.807) is 4.90 Å². The second-order valence-electron chi connectivity index (χ2n) is 8.43. The summed E-state index contributed by atoms with van der Waals surface area (Å²) in [6.07, 6.45) is 1.28. The Kier molecular flexibility index (Phi) is 6.21. The number of aromatic nitrogens is 3. The van der Waals surface area contributed by atoms with E-state index in [1.165, 1.54) is 16.7 Å². The van der Waals surface area contributed by atoms with Crippen LogP contribution in [0, 0.1) is 5.82 Å². The number of pyridine rings is 1. The summed E-state index contributed by atoms with van der Waals surface area (Å²) in [5, 5.41) is 0.0645. The van der Waals surface area contributed by atoms with Crippen LogP contribution in [0.4, 0.5) is 10.2 Å². The van der Waals surface area contributed by atoms with Crippen LogP contribution in [0.5, 0.6) is 0 Å². The number of hydrogen-bond donors (Lipinski definition) is 0. The number of carbonyl (C=O) groups is 1. The van der Waals surface area contributed by atoms with Crippen molar-refractivity contribution in [3.05, 3.63) is 70.0 Å². The van der Waals surface area contributed by atoms with Crippen molar-refractivity contribution in [1.82, 2.24) is 19.4 Å². The van der Waals surface area contributed by atoms with Gasteiger partial charge in [0.2, 0.25) is 5.91 Å². The number of fused-ring (bicyclic) bond motifs is 1. The van der Waals surface area contributed by atoms with Crippen molar-refractivity contribution in [2.45, 2.75) is 32.7 Å². The number of para-hydroxylation sites is 1. The molecule has 0 radical (unpaired) electrons. The van der Waals surface area contributed by atoms with Gasteiger partial charge in [0.05, 0.1) is 11.1 Å². The Balaban J connectivity index is 1.93. The molecule has 3 heterocycles. The van der Waals surface area contributed by atoms with Gasteiger partial charge in [0.1, 0.15) is 5.82 Å². The Morgan fingerprint density at radius 2 is 2.00 bits per heavy atom. The molecule has 1 fully saturated rings. The van der Waals surface area contributed by atoms with Crippen molar-refractivity contribution >= 4 is 34.4 Å². The van der Waals surface area contributed by atoms with Crippen LogP contribution in [0.1, 0.15) is 32.3 Å². The van der Waals surface area contributed by atoms with Crippen LogP contribution >= 0.6 is 11.6 Å². The van der Waals surface area contributed by atoms with E-state index in [9.17, 15) is 14.0 Å². The van der Waals surface area contributed by atoms with Gasteiger partial charge in [0, 0.05) is 25.7 Å². The lowest BCUT2D eigenvalue weighted by atomic mass is 10.0. The number of halogens is 2. The largest absolute Gasteiger partial charge is 0.355 e. The molecule has 2 aromatic heterocycles. The van der Waals surface area contributed by atoms with E-state index in [-0.39, 0.29) is 28.7 Å². The molecule has 1 aliphatic heterocycles. The highest BCUT2D eigenvalue weighted by Gasteiger charge is 2.29. The standard InChI is InChI=1S/C24H25ClFN5O2/c1-5-20(32)29-10-11-30(15(4)13-29)22-17-12-18(26)21(25)27-23(17)31(24(33)28-22)19-9-7-6-8-16(19)14(2)3/h5-9,12,14-15H,1,10-11,13H2,2-4H3/t15-/m0/s1. The highest BCUT2D eigenvalue weighted by molar-refractivity contribution is 6.30. The molecule has 1 saturated heterocycles. The molecular weight excluding hydrogens is 445 g/mol. The lowest BCUT2D eigenvalue weighted by Crippen LogP contribution is -2.54. The van der Waals surface area contributed by atoms with Gasteiger partial charge >= 0.3 is 5.69 Å². The quantitative estimate of drug-likeness (QED) is 0.428. The zero-order valence-electron chi connectivity index (χ0n) is 18.8. The summed E-state index contributed by atoms with van der Waals surface area (Å²) in [6.45, 7) is 10.8. The fourth-order valence-corrected chi connectivity index (χ4v) is 4.44. The number of benzene rings is 1. The molecule has 1 aliphatic rings. The molecule has 1 amide bonds. The van der Waals surface area contributed by atoms with Gasteiger partial charge in [0.15, 0.2) is 16.6 Å². The van der Waals surface area contributed by atoms with E-state index < -0.39 is 11.5 Å². The number of amides is 1. The van der Waals surface area contributed by atoms with Gasteiger partial charge in [-0.1, -0.05) is 50.2 Å². The van der Waals surface area contributed by atoms with Crippen LogP contribution < -0.4 is 10.6 Å². The third-order valence-electron chi connectivity index (χ3n) is 5.94. The van der Waals surface area contributed by atoms with E-state index >= 15 is 0 Å². The molecule has 0 unspecified atom stereocenters. The van der Waals surface area contributed by atoms with E-state index in [1.807, 2.05) is 49.9 Å². The molecule has 1 atom stereocenters. The minimum absolute atomic E-state index is 0.134. The number of rotatable bonds is 4. The first-order valence-electron chi connectivity index (χ1n) is 10.8. The maximum absolute atomic E-state index is 14.6. The van der Waals surface area contributed by atoms with Crippen molar-refractivity contribution < 1.29 is 9.18 Å². The number of hydrogen-bond acceptors (Lipinski definition) is 5. The molecule has 33 heavy (non-hydrogen) atoms. The monoisotopic (exact) mass is 469 g/mol. The third kappa shape index (κ3) is 4.11. The smallest absolute Gasteiger partial charge is 0.350 e. The summed E-state index contributed by atoms with van der Waals surface area (Å²) < 4.78 is 15.9. The fourth-order valence-electron chi connectivity index (χ4n) is 4.30. The number of carbonyl (C=O) groups excluding carboxylic acids is 1. The van der Waals surface area contributed by atoms with Crippen LogP contribution in [0.2, 0.25) is 5.15 Å². The van der Waals surface area contributed by atoms with E-state index in [0.717, 1.165) is 5.56 Å². The SMILES string of the molecule is C=CC(=O)N1CCN(c2nc(=O)n(-c3ccccc3C(C)C)c3nc(Cl)c(F)cc23)[C@@H](C)C1. The van der Waals surface area contributed by atoms with Crippen LogP contribution in [-0.2, 0) is 4.79 Å². The van der Waals surface area contributed by atoms with Gasteiger partial charge < -0.3 is 9.80 Å². The molecule has 4 rings (SSSR count). The zero-order valence-corrected chi connectivity index (χ0v) is 19.5. The third-order valence-corrected chi connectivity index (χ3v) is 6.21. The highest BCUT2D eigenvalue weighted by atomic mass is 35.5. The Bertz CT molecular complexity index is 1310. The second-order valence-corrected chi connectivity index (χ2v) is 8.79. The van der Waals surface area contributed by atoms with Gasteiger partial charge in [0.25, 0.3) is 0 Å². The summed E-state index contributed by atoms with van der Waals surface area (Å²) >= 11 is 6.05. The predicted octanol–water partition coefficient (Wildman–Crippen LogP) is 3.92. The van der Waals surface area contributed by atoms with Gasteiger partial charge in [-0.3, -0.25) is 4.79 Å². The molecule has 0 bridgehead atoms. The minimum atomic E-state index is -0.692. The zero-order chi connectivity index (χ0) is 23.9. The van der Waals surface area contributed by atoms with Crippen LogP contribution in [0.25, 0.3) is 16.7 Å². The van der Waals surface area contributed by atoms with Gasteiger partial charge in [-0.2, -0.15) is 4.98 Å². The van der Waals surface area contributed by atoms with Gasteiger partial charge in [-0.05, 0) is 36.6 Å². The van der Waals surface area contributed by atoms with Crippen molar-refractivity contribution in [1.29, 1.82) is 0 Å². The summed E-state index contributed by atoms with van der Waals surface area (Å²) in [7, 11) is 0. The van der Waals surface area contributed by atoms with Gasteiger partial charge in [-0.15, -0.1) is 0 Å². The second kappa shape index (κ2) is 8.94. The van der Waals surface area contributed by atoms with Gasteiger partial charge in [-0.25, -0.2) is 18.7 Å². The maximum atomic E-state index is 14.6. The molecule has 9 heteroatoms. The molecule has 0 saturated carbocycles. The molecule has 3 aromatic rings. The summed E-state index contributed by atoms with van der Waals surface area (Å²) in [5.74, 6) is -0.383. The number of nitrogens with zero attached hydrogens (tertiary/aromatic N) is 5. The average Bonchev–Trinajstić information content (AvgIpc) is 2.79. The Morgan fingerprint density at radius 1 is 1.27 bits per heavy atom. The van der Waals surface area contributed by atoms with E-state index in [2.05, 4.69) is 16.5 Å². The molecule has 0 spiro atoms. The first kappa shape index (κ1) is 22.9. The fraction of sp³-hybridized carbons (Fsp3) is 0.333. The molecule has 0 aliphatic carbocycles. The normalized spacial score (nSPS) is 16.5. The number of anilines is 1. The minimum Gasteiger partial charge on any atom is -0.350 e. The Hall–Kier alpha value is -3.26. The molecule has 1 aromatic carbocycles. The molecule has 0 N–H and O–H groups in total. The summed E-state index contributed by atoms with van der Waals surface area (Å²) in [5.41, 5.74) is 1.27. The van der Waals surface area contributed by atoms with Crippen molar-refractivity contribution in [2.75, 3.05) is 24.5 Å². The molecule has 172 valence electrons. The first-order valence-corrected chi connectivity index (χ1v) is 11.2. The van der Waals surface area contributed by atoms with Crippen molar-refractivity contribution in [2.24, 2.45) is 0 Å². The molecule has 7 nitrogen and oxygen atoms in total. The summed E-state index contributed by atoms with van der Waals surface area (Å²) in [4.78, 5) is 37.6. The lowest BCUT2D eigenvalue weighted by molar-refractivity contribution is -0.126.